The maximum absolute atomic E-state index is 13.5. The molecule has 0 aliphatic heterocycles. The highest BCUT2D eigenvalue weighted by Crippen LogP contribution is 2.29. The molecule has 1 aromatic rings. The highest BCUT2D eigenvalue weighted by atomic mass is 79.9. The van der Waals surface area contributed by atoms with Gasteiger partial charge in [0.25, 0.3) is 0 Å². The van der Waals surface area contributed by atoms with Gasteiger partial charge < -0.3 is 9.47 Å². The molecule has 0 bridgehead atoms. The molecule has 0 radical (unpaired) electrons. The first kappa shape index (κ1) is 20.6. The number of carbonyl (C=O) groups is 1. The summed E-state index contributed by atoms with van der Waals surface area (Å²) in [7, 11) is 1.43. The average Bonchev–Trinajstić information content (AvgIpc) is 2.52. The monoisotopic (exact) mass is 413 g/mol. The molecule has 24 heavy (non-hydrogen) atoms. The van der Waals surface area contributed by atoms with Crippen molar-refractivity contribution in [3.8, 4) is 0 Å². The number of methoxy groups -OCH3 is 1. The third-order valence-electron chi connectivity index (χ3n) is 2.79. The van der Waals surface area contributed by atoms with E-state index in [1.807, 2.05) is 0 Å². The van der Waals surface area contributed by atoms with Crippen LogP contribution >= 0.6 is 15.9 Å². The minimum Gasteiger partial charge on any atom is -0.461 e. The van der Waals surface area contributed by atoms with Crippen molar-refractivity contribution in [1.82, 2.24) is 0 Å². The fraction of sp³-hybridized carbons (Fsp3) is 0.467. The maximum Gasteiger partial charge on any atom is 0.416 e. The zero-order chi connectivity index (χ0) is 18.2. The first-order chi connectivity index (χ1) is 11.2. The molecule has 0 fully saturated rings. The molecule has 1 aromatic carbocycles. The molecule has 0 N–H and O–H groups in total. The van der Waals surface area contributed by atoms with E-state index in [0.717, 1.165) is 30.5 Å². The first-order valence-corrected chi connectivity index (χ1v) is 7.77. The Hall–Kier alpha value is -1.48. The van der Waals surface area contributed by atoms with Crippen LogP contribution in [0.5, 0.6) is 0 Å². The molecule has 4 nitrogen and oxygen atoms in total. The standard InChI is InChI=1S/C15H16BrF4NO3/c1-23-9-21-7-13(17)6-12(16)8-24-14(22)10-2-4-11(5-3-10)15(18,19)20/h2-5,7,12-13H,6,8-9H2,1H3/b21-7-/t12-,13+/m1/s1. The van der Waals surface area contributed by atoms with Crippen molar-refractivity contribution in [2.24, 2.45) is 4.99 Å². The summed E-state index contributed by atoms with van der Waals surface area (Å²) >= 11 is 3.17. The van der Waals surface area contributed by atoms with Gasteiger partial charge in [0, 0.05) is 13.3 Å². The zero-order valence-electron chi connectivity index (χ0n) is 12.7. The number of carbonyl (C=O) groups excluding carboxylic acids is 1. The van der Waals surface area contributed by atoms with E-state index < -0.39 is 28.7 Å². The van der Waals surface area contributed by atoms with Crippen LogP contribution in [0.1, 0.15) is 22.3 Å². The molecule has 0 spiro atoms. The van der Waals surface area contributed by atoms with E-state index in [1.165, 1.54) is 7.11 Å². The molecule has 2 atom stereocenters. The predicted molar refractivity (Wildman–Crippen MR) is 84.3 cm³/mol. The number of alkyl halides is 5. The van der Waals surface area contributed by atoms with Crippen LogP contribution in [0.15, 0.2) is 29.3 Å². The van der Waals surface area contributed by atoms with Gasteiger partial charge in [-0.3, -0.25) is 4.99 Å². The quantitative estimate of drug-likeness (QED) is 0.279. The van der Waals surface area contributed by atoms with Crippen LogP contribution in [0.25, 0.3) is 0 Å². The van der Waals surface area contributed by atoms with Crippen LogP contribution in [0.3, 0.4) is 0 Å². The number of nitrogens with zero attached hydrogens (tertiary/aromatic N) is 1. The third-order valence-corrected chi connectivity index (χ3v) is 3.43. The molecule has 0 saturated heterocycles. The number of rotatable bonds is 8. The number of ether oxygens (including phenoxy) is 2. The molecular weight excluding hydrogens is 398 g/mol. The van der Waals surface area contributed by atoms with E-state index in [1.54, 1.807) is 0 Å². The normalized spacial score (nSPS) is 14.6. The highest BCUT2D eigenvalue weighted by molar-refractivity contribution is 9.09. The van der Waals surface area contributed by atoms with Gasteiger partial charge in [0.1, 0.15) is 19.5 Å². The minimum absolute atomic E-state index is 0.0128. The van der Waals surface area contributed by atoms with Crippen molar-refractivity contribution in [1.29, 1.82) is 0 Å². The van der Waals surface area contributed by atoms with Gasteiger partial charge in [-0.15, -0.1) is 0 Å². The molecule has 0 aliphatic rings. The maximum atomic E-state index is 13.5. The van der Waals surface area contributed by atoms with Gasteiger partial charge in [0.15, 0.2) is 0 Å². The Morgan fingerprint density at radius 2 is 1.96 bits per heavy atom. The van der Waals surface area contributed by atoms with Crippen molar-refractivity contribution in [3.05, 3.63) is 35.4 Å². The Morgan fingerprint density at radius 1 is 1.33 bits per heavy atom. The largest absolute Gasteiger partial charge is 0.461 e. The Morgan fingerprint density at radius 3 is 2.50 bits per heavy atom. The Balaban J connectivity index is 2.45. The summed E-state index contributed by atoms with van der Waals surface area (Å²) < 4.78 is 60.4. The molecule has 1 rings (SSSR count). The second-order valence-electron chi connectivity index (χ2n) is 4.77. The van der Waals surface area contributed by atoms with Crippen LogP contribution in [-0.4, -0.2) is 43.6 Å². The fourth-order valence-electron chi connectivity index (χ4n) is 1.65. The number of halogens is 5. The Labute approximate surface area is 145 Å². The van der Waals surface area contributed by atoms with Crippen molar-refractivity contribution in [2.75, 3.05) is 20.4 Å². The second-order valence-corrected chi connectivity index (χ2v) is 6.07. The van der Waals surface area contributed by atoms with E-state index >= 15 is 0 Å². The van der Waals surface area contributed by atoms with E-state index in [2.05, 4.69) is 25.7 Å². The summed E-state index contributed by atoms with van der Waals surface area (Å²) in [6, 6.07) is 3.66. The van der Waals surface area contributed by atoms with Crippen molar-refractivity contribution >= 4 is 28.1 Å². The SMILES string of the molecule is COC/N=C\[C@@H](F)C[C@@H](Br)COC(=O)c1ccc(C(F)(F)F)cc1. The Kier molecular flexibility index (Phi) is 8.34. The summed E-state index contributed by atoms with van der Waals surface area (Å²) in [6.45, 7) is -0.0747. The lowest BCUT2D eigenvalue weighted by Gasteiger charge is -2.12. The lowest BCUT2D eigenvalue weighted by atomic mass is 10.1. The van der Waals surface area contributed by atoms with Crippen LogP contribution in [0.2, 0.25) is 0 Å². The Bertz CT molecular complexity index is 549. The van der Waals surface area contributed by atoms with Gasteiger partial charge in [-0.2, -0.15) is 13.2 Å². The zero-order valence-corrected chi connectivity index (χ0v) is 14.3. The van der Waals surface area contributed by atoms with Gasteiger partial charge in [-0.25, -0.2) is 9.18 Å². The number of benzene rings is 1. The van der Waals surface area contributed by atoms with Crippen molar-refractivity contribution in [3.63, 3.8) is 0 Å². The average molecular weight is 414 g/mol. The molecule has 0 aromatic heterocycles. The van der Waals surface area contributed by atoms with Crippen molar-refractivity contribution in [2.45, 2.75) is 23.6 Å². The summed E-state index contributed by atoms with van der Waals surface area (Å²) in [5.74, 6) is -0.781. The predicted octanol–water partition coefficient (Wildman–Crippen LogP) is 4.03. The van der Waals surface area contributed by atoms with Crippen molar-refractivity contribution < 1.29 is 31.8 Å². The molecular formula is C15H16BrF4NO3. The lowest BCUT2D eigenvalue weighted by Crippen LogP contribution is -2.18. The lowest BCUT2D eigenvalue weighted by molar-refractivity contribution is -0.137. The van der Waals surface area contributed by atoms with Gasteiger partial charge in [0.2, 0.25) is 0 Å². The number of esters is 1. The molecule has 0 unspecified atom stereocenters. The smallest absolute Gasteiger partial charge is 0.416 e. The summed E-state index contributed by atoms with van der Waals surface area (Å²) in [5, 5.41) is 0. The summed E-state index contributed by atoms with van der Waals surface area (Å²) in [5.41, 5.74) is -0.866. The highest BCUT2D eigenvalue weighted by Gasteiger charge is 2.30. The van der Waals surface area contributed by atoms with Crippen LogP contribution in [0, 0.1) is 0 Å². The first-order valence-electron chi connectivity index (χ1n) is 6.85. The van der Waals surface area contributed by atoms with E-state index in [9.17, 15) is 22.4 Å². The topological polar surface area (TPSA) is 47.9 Å². The number of hydrogen-bond acceptors (Lipinski definition) is 4. The van der Waals surface area contributed by atoms with E-state index in [0.29, 0.717) is 0 Å². The number of aliphatic imine (C=N–C) groups is 1. The molecule has 134 valence electrons. The molecule has 9 heteroatoms. The summed E-state index contributed by atoms with van der Waals surface area (Å²) in [4.78, 5) is 15.0. The molecule has 0 amide bonds. The van der Waals surface area contributed by atoms with Gasteiger partial charge >= 0.3 is 12.1 Å². The fourth-order valence-corrected chi connectivity index (χ4v) is 2.14. The molecule has 0 aliphatic carbocycles. The molecule has 0 saturated carbocycles. The second kappa shape index (κ2) is 9.73. The third kappa shape index (κ3) is 7.39. The van der Waals surface area contributed by atoms with Crippen LogP contribution in [-0.2, 0) is 15.7 Å². The van der Waals surface area contributed by atoms with Gasteiger partial charge in [-0.1, -0.05) is 15.9 Å². The van der Waals surface area contributed by atoms with Gasteiger partial charge in [-0.05, 0) is 30.7 Å². The van der Waals surface area contributed by atoms with Crippen LogP contribution in [0.4, 0.5) is 17.6 Å². The summed E-state index contributed by atoms with van der Waals surface area (Å²) in [6.07, 6.45) is -4.69. The number of hydrogen-bond donors (Lipinski definition) is 0. The molecule has 0 heterocycles. The van der Waals surface area contributed by atoms with E-state index in [4.69, 9.17) is 4.74 Å². The van der Waals surface area contributed by atoms with Gasteiger partial charge in [0.05, 0.1) is 16.0 Å². The van der Waals surface area contributed by atoms with E-state index in [-0.39, 0.29) is 25.3 Å². The van der Waals surface area contributed by atoms with Crippen LogP contribution < -0.4 is 0 Å². The minimum atomic E-state index is -4.47.